The molecule has 37 heavy (non-hydrogen) atoms. The molecule has 7 nitrogen and oxygen atoms in total. The van der Waals surface area contributed by atoms with Crippen molar-refractivity contribution in [1.82, 2.24) is 5.32 Å². The van der Waals surface area contributed by atoms with Crippen molar-refractivity contribution in [3.8, 4) is 11.5 Å². The first kappa shape index (κ1) is 26.2. The number of ether oxygens (including phenoxy) is 2. The smallest absolute Gasteiger partial charge is 0.335 e. The maximum atomic E-state index is 13.4. The van der Waals surface area contributed by atoms with Crippen LogP contribution in [-0.4, -0.2) is 24.5 Å². The minimum Gasteiger partial charge on any atom is -0.490 e. The molecule has 0 saturated carbocycles. The number of nitrogens with one attached hydrogen (secondary N) is 1. The average Bonchev–Trinajstić information content (AvgIpc) is 2.87. The molecule has 4 amide bonds. The number of imide groups is 2. The minimum atomic E-state index is -0.774. The number of nitrogens with zero attached hydrogens (tertiary/aromatic N) is 1. The van der Waals surface area contributed by atoms with Crippen LogP contribution in [0.5, 0.6) is 11.5 Å². The molecular formula is C29H27BrN2O5. The van der Waals surface area contributed by atoms with Crippen LogP contribution in [-0.2, 0) is 22.6 Å². The normalized spacial score (nSPS) is 14.6. The Morgan fingerprint density at radius 3 is 2.41 bits per heavy atom. The van der Waals surface area contributed by atoms with Crippen molar-refractivity contribution in [3.63, 3.8) is 0 Å². The first-order valence-corrected chi connectivity index (χ1v) is 12.8. The Labute approximate surface area is 224 Å². The molecule has 1 saturated heterocycles. The van der Waals surface area contributed by atoms with E-state index in [-0.39, 0.29) is 5.57 Å². The van der Waals surface area contributed by atoms with E-state index in [9.17, 15) is 14.4 Å². The summed E-state index contributed by atoms with van der Waals surface area (Å²) < 4.78 is 12.5. The summed E-state index contributed by atoms with van der Waals surface area (Å²) in [4.78, 5) is 39.7. The van der Waals surface area contributed by atoms with Crippen molar-refractivity contribution in [2.75, 3.05) is 11.5 Å². The van der Waals surface area contributed by atoms with Gasteiger partial charge >= 0.3 is 6.03 Å². The van der Waals surface area contributed by atoms with Gasteiger partial charge in [0.1, 0.15) is 12.2 Å². The van der Waals surface area contributed by atoms with E-state index in [1.165, 1.54) is 6.08 Å². The fourth-order valence-electron chi connectivity index (χ4n) is 3.98. The summed E-state index contributed by atoms with van der Waals surface area (Å²) in [5.74, 6) is -0.473. The molecule has 1 fully saturated rings. The fraction of sp³-hybridized carbons (Fsp3) is 0.207. The zero-order valence-electron chi connectivity index (χ0n) is 20.8. The van der Waals surface area contributed by atoms with Gasteiger partial charge in [0.15, 0.2) is 11.5 Å². The number of carbonyl (C=O) groups excluding carboxylic acids is 3. The lowest BCUT2D eigenvalue weighted by atomic mass is 10.0. The lowest BCUT2D eigenvalue weighted by molar-refractivity contribution is -0.122. The molecule has 8 heteroatoms. The summed E-state index contributed by atoms with van der Waals surface area (Å²) in [6.45, 7) is 6.55. The molecule has 1 aliphatic heterocycles. The van der Waals surface area contributed by atoms with Gasteiger partial charge in [0.05, 0.1) is 16.8 Å². The number of amides is 4. The number of para-hydroxylation sites is 1. The van der Waals surface area contributed by atoms with E-state index >= 15 is 0 Å². The van der Waals surface area contributed by atoms with Crippen LogP contribution < -0.4 is 19.7 Å². The van der Waals surface area contributed by atoms with Crippen LogP contribution in [0.2, 0.25) is 0 Å². The third-order valence-electron chi connectivity index (χ3n) is 5.86. The second-order valence-electron chi connectivity index (χ2n) is 8.48. The SMILES string of the molecule is CCOc1cc(/C=C2/C(=O)NC(=O)N(c3ccccc3CC)C2=O)cc(Br)c1OCc1ccc(C)cc1. The van der Waals surface area contributed by atoms with Crippen molar-refractivity contribution in [2.24, 2.45) is 0 Å². The molecule has 0 radical (unpaired) electrons. The summed E-state index contributed by atoms with van der Waals surface area (Å²) in [5, 5.41) is 2.28. The Balaban J connectivity index is 1.67. The number of benzene rings is 3. The molecule has 0 spiro atoms. The van der Waals surface area contributed by atoms with E-state index < -0.39 is 17.8 Å². The second kappa shape index (κ2) is 11.4. The van der Waals surface area contributed by atoms with Crippen molar-refractivity contribution in [3.05, 3.63) is 93.0 Å². The largest absolute Gasteiger partial charge is 0.490 e. The van der Waals surface area contributed by atoms with Gasteiger partial charge in [-0.05, 0) is 77.2 Å². The first-order valence-electron chi connectivity index (χ1n) is 12.0. The van der Waals surface area contributed by atoms with Crippen LogP contribution in [0.1, 0.15) is 36.1 Å². The van der Waals surface area contributed by atoms with Crippen molar-refractivity contribution < 1.29 is 23.9 Å². The number of anilines is 1. The molecule has 0 unspecified atom stereocenters. The highest BCUT2D eigenvalue weighted by Crippen LogP contribution is 2.38. The van der Waals surface area contributed by atoms with Crippen LogP contribution in [0.3, 0.4) is 0 Å². The van der Waals surface area contributed by atoms with Crippen LogP contribution in [0.15, 0.2) is 70.7 Å². The molecule has 1 aliphatic rings. The third kappa shape index (κ3) is 5.75. The van der Waals surface area contributed by atoms with Crippen molar-refractivity contribution >= 4 is 45.5 Å². The van der Waals surface area contributed by atoms with E-state index in [4.69, 9.17) is 9.47 Å². The summed E-state index contributed by atoms with van der Waals surface area (Å²) >= 11 is 3.54. The monoisotopic (exact) mass is 562 g/mol. The number of hydrogen-bond donors (Lipinski definition) is 1. The third-order valence-corrected chi connectivity index (χ3v) is 6.45. The van der Waals surface area contributed by atoms with Gasteiger partial charge in [-0.1, -0.05) is 55.0 Å². The van der Waals surface area contributed by atoms with Gasteiger partial charge < -0.3 is 9.47 Å². The van der Waals surface area contributed by atoms with Gasteiger partial charge in [0.2, 0.25) is 0 Å². The quantitative estimate of drug-likeness (QED) is 0.270. The molecule has 190 valence electrons. The Kier molecular flexibility index (Phi) is 8.08. The minimum absolute atomic E-state index is 0.159. The van der Waals surface area contributed by atoms with E-state index in [2.05, 4.69) is 21.2 Å². The lowest BCUT2D eigenvalue weighted by Gasteiger charge is -2.28. The highest BCUT2D eigenvalue weighted by atomic mass is 79.9. The van der Waals surface area contributed by atoms with Gasteiger partial charge in [0, 0.05) is 0 Å². The zero-order chi connectivity index (χ0) is 26.5. The Morgan fingerprint density at radius 2 is 1.70 bits per heavy atom. The maximum Gasteiger partial charge on any atom is 0.335 e. The van der Waals surface area contributed by atoms with Gasteiger partial charge in [-0.15, -0.1) is 0 Å². The number of rotatable bonds is 8. The molecule has 3 aromatic rings. The summed E-state index contributed by atoms with van der Waals surface area (Å²) in [7, 11) is 0. The fourth-order valence-corrected chi connectivity index (χ4v) is 4.56. The second-order valence-corrected chi connectivity index (χ2v) is 9.33. The molecule has 0 aromatic heterocycles. The van der Waals surface area contributed by atoms with Crippen molar-refractivity contribution in [1.29, 1.82) is 0 Å². The van der Waals surface area contributed by atoms with Gasteiger partial charge in [-0.25, -0.2) is 9.69 Å². The Bertz CT molecular complexity index is 1380. The molecular weight excluding hydrogens is 536 g/mol. The molecule has 1 N–H and O–H groups in total. The van der Waals surface area contributed by atoms with Crippen LogP contribution in [0, 0.1) is 6.92 Å². The molecule has 0 atom stereocenters. The van der Waals surface area contributed by atoms with Crippen LogP contribution >= 0.6 is 15.9 Å². The van der Waals surface area contributed by atoms with Crippen LogP contribution in [0.4, 0.5) is 10.5 Å². The first-order chi connectivity index (χ1) is 17.8. The highest BCUT2D eigenvalue weighted by molar-refractivity contribution is 9.10. The van der Waals surface area contributed by atoms with Crippen LogP contribution in [0.25, 0.3) is 6.08 Å². The number of carbonyl (C=O) groups is 3. The summed E-state index contributed by atoms with van der Waals surface area (Å²) in [6.07, 6.45) is 2.07. The van der Waals surface area contributed by atoms with Gasteiger partial charge in [0.25, 0.3) is 11.8 Å². The van der Waals surface area contributed by atoms with E-state index in [1.807, 2.05) is 57.2 Å². The number of barbiturate groups is 1. The predicted octanol–water partition coefficient (Wildman–Crippen LogP) is 5.96. The average molecular weight is 563 g/mol. The summed E-state index contributed by atoms with van der Waals surface area (Å²) in [5.41, 5.74) is 3.81. The zero-order valence-corrected chi connectivity index (χ0v) is 22.4. The molecule has 0 bridgehead atoms. The van der Waals surface area contributed by atoms with Gasteiger partial charge in [-0.2, -0.15) is 0 Å². The molecule has 3 aromatic carbocycles. The Morgan fingerprint density at radius 1 is 0.973 bits per heavy atom. The highest BCUT2D eigenvalue weighted by Gasteiger charge is 2.37. The van der Waals surface area contributed by atoms with Gasteiger partial charge in [-0.3, -0.25) is 14.9 Å². The van der Waals surface area contributed by atoms with E-state index in [0.29, 0.717) is 46.9 Å². The number of aryl methyl sites for hydroxylation is 2. The topological polar surface area (TPSA) is 84.9 Å². The number of hydrogen-bond acceptors (Lipinski definition) is 5. The predicted molar refractivity (Wildman–Crippen MR) is 146 cm³/mol. The number of urea groups is 1. The Hall–Kier alpha value is -3.91. The molecule has 0 aliphatic carbocycles. The van der Waals surface area contributed by atoms with Crippen molar-refractivity contribution in [2.45, 2.75) is 33.8 Å². The van der Waals surface area contributed by atoms with E-state index in [0.717, 1.165) is 21.6 Å². The standard InChI is InChI=1S/C29H27BrN2O5/c1-4-21-8-6-7-9-24(21)32-28(34)22(27(33)31-29(32)35)14-20-15-23(30)26(25(16-20)36-5-2)37-17-19-12-10-18(3)11-13-19/h6-16H,4-5,17H2,1-3H3,(H,31,33,35)/b22-14-. The lowest BCUT2D eigenvalue weighted by Crippen LogP contribution is -2.54. The molecule has 4 rings (SSSR count). The maximum absolute atomic E-state index is 13.4. The number of halogens is 1. The molecule has 1 heterocycles. The summed E-state index contributed by atoms with van der Waals surface area (Å²) in [6, 6.07) is 17.8. The van der Waals surface area contributed by atoms with E-state index in [1.54, 1.807) is 24.3 Å².